The van der Waals surface area contributed by atoms with Gasteiger partial charge in [-0.05, 0) is 37.5 Å². The first-order valence-electron chi connectivity index (χ1n) is 6.56. The quantitative estimate of drug-likeness (QED) is 0.899. The summed E-state index contributed by atoms with van der Waals surface area (Å²) in [7, 11) is -2.98. The Morgan fingerprint density at radius 1 is 1.40 bits per heavy atom. The van der Waals surface area contributed by atoms with E-state index in [9.17, 15) is 13.2 Å². The molecule has 1 N–H and O–H groups in total. The summed E-state index contributed by atoms with van der Waals surface area (Å²) >= 11 is 0. The molecule has 110 valence electrons. The summed E-state index contributed by atoms with van der Waals surface area (Å²) in [6, 6.07) is 5.38. The average Bonchev–Trinajstić information content (AvgIpc) is 2.70. The van der Waals surface area contributed by atoms with Crippen molar-refractivity contribution in [3.8, 4) is 5.75 Å². The van der Waals surface area contributed by atoms with Crippen LogP contribution in [0.5, 0.6) is 5.75 Å². The third-order valence-corrected chi connectivity index (χ3v) is 5.28. The van der Waals surface area contributed by atoms with Gasteiger partial charge in [0.2, 0.25) is 0 Å². The van der Waals surface area contributed by atoms with Gasteiger partial charge < -0.3 is 10.1 Å². The predicted octanol–water partition coefficient (Wildman–Crippen LogP) is 0.986. The fourth-order valence-electron chi connectivity index (χ4n) is 2.20. The number of hydrogen-bond donors (Lipinski definition) is 1. The van der Waals surface area contributed by atoms with E-state index in [2.05, 4.69) is 5.32 Å². The third-order valence-electron chi connectivity index (χ3n) is 3.51. The number of amides is 1. The van der Waals surface area contributed by atoms with Gasteiger partial charge in [-0.15, -0.1) is 0 Å². The second kappa shape index (κ2) is 5.83. The molecule has 1 saturated heterocycles. The molecule has 1 aliphatic heterocycles. The Bertz CT molecular complexity index is 610. The monoisotopic (exact) mass is 297 g/mol. The molecule has 6 heteroatoms. The van der Waals surface area contributed by atoms with Gasteiger partial charge in [0, 0.05) is 6.04 Å². The zero-order valence-electron chi connectivity index (χ0n) is 11.7. The first kappa shape index (κ1) is 14.8. The highest BCUT2D eigenvalue weighted by atomic mass is 32.2. The first-order valence-corrected chi connectivity index (χ1v) is 8.38. The molecule has 0 spiro atoms. The highest BCUT2D eigenvalue weighted by Gasteiger charge is 2.28. The van der Waals surface area contributed by atoms with Crippen LogP contribution >= 0.6 is 0 Å². The third kappa shape index (κ3) is 3.72. The maximum Gasteiger partial charge on any atom is 0.258 e. The van der Waals surface area contributed by atoms with E-state index in [-0.39, 0.29) is 30.1 Å². The molecule has 1 unspecified atom stereocenters. The second-order valence-corrected chi connectivity index (χ2v) is 7.38. The Morgan fingerprint density at radius 3 is 2.80 bits per heavy atom. The lowest BCUT2D eigenvalue weighted by Gasteiger charge is -2.13. The van der Waals surface area contributed by atoms with Crippen LogP contribution in [0.15, 0.2) is 18.2 Å². The Hall–Kier alpha value is -1.56. The van der Waals surface area contributed by atoms with E-state index in [1.807, 2.05) is 32.0 Å². The van der Waals surface area contributed by atoms with Crippen molar-refractivity contribution in [2.24, 2.45) is 0 Å². The van der Waals surface area contributed by atoms with Crippen molar-refractivity contribution in [1.82, 2.24) is 5.32 Å². The second-order valence-electron chi connectivity index (χ2n) is 5.15. The maximum atomic E-state index is 11.7. The molecule has 1 amide bonds. The summed E-state index contributed by atoms with van der Waals surface area (Å²) in [5.74, 6) is 0.574. The molecule has 1 aliphatic rings. The summed E-state index contributed by atoms with van der Waals surface area (Å²) in [5.41, 5.74) is 2.11. The Morgan fingerprint density at radius 2 is 2.15 bits per heavy atom. The standard InChI is InChI=1S/C14H19NO4S/c1-10-4-3-5-13(11(10)2)19-8-14(16)15-12-6-7-20(17,18)9-12/h3-5,12H,6-9H2,1-2H3,(H,15,16). The number of nitrogens with one attached hydrogen (secondary N) is 1. The van der Waals surface area contributed by atoms with Crippen LogP contribution in [0.1, 0.15) is 17.5 Å². The van der Waals surface area contributed by atoms with E-state index in [0.29, 0.717) is 12.2 Å². The van der Waals surface area contributed by atoms with Gasteiger partial charge in [-0.2, -0.15) is 0 Å². The predicted molar refractivity (Wildman–Crippen MR) is 76.6 cm³/mol. The Labute approximate surface area is 119 Å². The molecule has 0 bridgehead atoms. The van der Waals surface area contributed by atoms with E-state index in [1.54, 1.807) is 0 Å². The number of hydrogen-bond acceptors (Lipinski definition) is 4. The van der Waals surface area contributed by atoms with Crippen LogP contribution in [0.25, 0.3) is 0 Å². The van der Waals surface area contributed by atoms with Crippen molar-refractivity contribution in [3.05, 3.63) is 29.3 Å². The minimum Gasteiger partial charge on any atom is -0.483 e. The fourth-order valence-corrected chi connectivity index (χ4v) is 3.88. The first-order chi connectivity index (χ1) is 9.37. The molecule has 0 saturated carbocycles. The zero-order valence-corrected chi connectivity index (χ0v) is 12.5. The topological polar surface area (TPSA) is 72.5 Å². The number of benzene rings is 1. The van der Waals surface area contributed by atoms with Gasteiger partial charge >= 0.3 is 0 Å². The molecule has 1 fully saturated rings. The SMILES string of the molecule is Cc1cccc(OCC(=O)NC2CCS(=O)(=O)C2)c1C. The van der Waals surface area contributed by atoms with Gasteiger partial charge in [-0.3, -0.25) is 4.79 Å². The summed E-state index contributed by atoms with van der Waals surface area (Å²) < 4.78 is 28.1. The van der Waals surface area contributed by atoms with Crippen molar-refractivity contribution in [3.63, 3.8) is 0 Å². The van der Waals surface area contributed by atoms with E-state index in [0.717, 1.165) is 11.1 Å². The highest BCUT2D eigenvalue weighted by Crippen LogP contribution is 2.20. The van der Waals surface area contributed by atoms with Crippen LogP contribution < -0.4 is 10.1 Å². The van der Waals surface area contributed by atoms with Crippen LogP contribution in [0.3, 0.4) is 0 Å². The van der Waals surface area contributed by atoms with Gasteiger partial charge in [0.15, 0.2) is 16.4 Å². The van der Waals surface area contributed by atoms with Crippen LogP contribution in [0.4, 0.5) is 0 Å². The lowest BCUT2D eigenvalue weighted by atomic mass is 10.1. The van der Waals surface area contributed by atoms with Crippen LogP contribution in [0.2, 0.25) is 0 Å². The van der Waals surface area contributed by atoms with Gasteiger partial charge in [0.25, 0.3) is 5.91 Å². The minimum absolute atomic E-state index is 0.0300. The smallest absolute Gasteiger partial charge is 0.258 e. The molecule has 1 heterocycles. The van der Waals surface area contributed by atoms with Gasteiger partial charge in [0.05, 0.1) is 11.5 Å². The molecule has 1 aromatic carbocycles. The molecule has 20 heavy (non-hydrogen) atoms. The Kier molecular flexibility index (Phi) is 4.32. The van der Waals surface area contributed by atoms with Crippen LogP contribution in [-0.2, 0) is 14.6 Å². The van der Waals surface area contributed by atoms with E-state index >= 15 is 0 Å². The van der Waals surface area contributed by atoms with Crippen molar-refractivity contribution in [2.45, 2.75) is 26.3 Å². The number of sulfone groups is 1. The average molecular weight is 297 g/mol. The van der Waals surface area contributed by atoms with Gasteiger partial charge in [0.1, 0.15) is 5.75 Å². The van der Waals surface area contributed by atoms with E-state index in [1.165, 1.54) is 0 Å². The lowest BCUT2D eigenvalue weighted by molar-refractivity contribution is -0.123. The molecule has 2 rings (SSSR count). The molecular formula is C14H19NO4S. The summed E-state index contributed by atoms with van der Waals surface area (Å²) in [4.78, 5) is 11.7. The molecule has 0 aliphatic carbocycles. The lowest BCUT2D eigenvalue weighted by Crippen LogP contribution is -2.38. The maximum absolute atomic E-state index is 11.7. The Balaban J connectivity index is 1.85. The molecule has 1 aromatic rings. The zero-order chi connectivity index (χ0) is 14.8. The van der Waals surface area contributed by atoms with Gasteiger partial charge in [-0.25, -0.2) is 8.42 Å². The van der Waals surface area contributed by atoms with E-state index < -0.39 is 9.84 Å². The van der Waals surface area contributed by atoms with E-state index in [4.69, 9.17) is 4.74 Å². The van der Waals surface area contributed by atoms with Crippen molar-refractivity contribution >= 4 is 15.7 Å². The molecule has 0 aromatic heterocycles. The molecule has 1 atom stereocenters. The molecular weight excluding hydrogens is 278 g/mol. The summed E-state index contributed by atoms with van der Waals surface area (Å²) in [5, 5.41) is 2.70. The summed E-state index contributed by atoms with van der Waals surface area (Å²) in [6.07, 6.45) is 0.484. The number of carbonyl (C=O) groups excluding carboxylic acids is 1. The fraction of sp³-hybridized carbons (Fsp3) is 0.500. The highest BCUT2D eigenvalue weighted by molar-refractivity contribution is 7.91. The minimum atomic E-state index is -2.98. The van der Waals surface area contributed by atoms with Crippen molar-refractivity contribution < 1.29 is 17.9 Å². The molecule has 5 nitrogen and oxygen atoms in total. The largest absolute Gasteiger partial charge is 0.483 e. The van der Waals surface area contributed by atoms with Crippen LogP contribution in [0, 0.1) is 13.8 Å². The van der Waals surface area contributed by atoms with Crippen molar-refractivity contribution in [1.29, 1.82) is 0 Å². The van der Waals surface area contributed by atoms with Crippen molar-refractivity contribution in [2.75, 3.05) is 18.1 Å². The van der Waals surface area contributed by atoms with Gasteiger partial charge in [-0.1, -0.05) is 12.1 Å². The number of rotatable bonds is 4. The summed E-state index contributed by atoms with van der Waals surface area (Å²) in [6.45, 7) is 3.82. The molecule has 0 radical (unpaired) electrons. The normalized spacial score (nSPS) is 20.6. The number of ether oxygens (including phenoxy) is 1. The number of aryl methyl sites for hydroxylation is 1. The number of carbonyl (C=O) groups is 1. The van der Waals surface area contributed by atoms with Crippen LogP contribution in [-0.4, -0.2) is 38.5 Å².